The van der Waals surface area contributed by atoms with Gasteiger partial charge in [-0.25, -0.2) is 14.6 Å². The molecule has 0 radical (unpaired) electrons. The topological polar surface area (TPSA) is 102 Å². The number of aromatic nitrogens is 2. The molecular formula is C27H39N5O4. The second kappa shape index (κ2) is 10.7. The molecule has 196 valence electrons. The molecule has 1 aromatic heterocycles. The van der Waals surface area contributed by atoms with Crippen LogP contribution in [0.15, 0.2) is 28.0 Å². The van der Waals surface area contributed by atoms with Gasteiger partial charge in [0.1, 0.15) is 17.0 Å². The normalized spacial score (nSPS) is 17.0. The Hall–Kier alpha value is -3.36. The number of benzene rings is 1. The van der Waals surface area contributed by atoms with Crippen molar-refractivity contribution in [1.29, 1.82) is 5.41 Å². The maximum Gasteiger partial charge on any atom is 0.410 e. The van der Waals surface area contributed by atoms with Gasteiger partial charge in [-0.2, -0.15) is 0 Å². The van der Waals surface area contributed by atoms with E-state index in [0.717, 1.165) is 12.0 Å². The van der Waals surface area contributed by atoms with Crippen molar-refractivity contribution in [1.82, 2.24) is 14.0 Å². The Balaban J connectivity index is 2.17. The van der Waals surface area contributed by atoms with Crippen LogP contribution in [0.5, 0.6) is 5.75 Å². The van der Waals surface area contributed by atoms with Gasteiger partial charge in [0.05, 0.1) is 24.6 Å². The fourth-order valence-corrected chi connectivity index (χ4v) is 4.23. The summed E-state index contributed by atoms with van der Waals surface area (Å²) < 4.78 is 14.2. The molecule has 9 nitrogen and oxygen atoms in total. The Kier molecular flexibility index (Phi) is 8.11. The SMILES string of the molecule is CCC(C)C=Nc1c(C(C)=N)n(-c2ccc(C)c(OC)c2)c(=O)n1C1CCN(C(=O)OC(C)(C)C)C1. The molecule has 0 aliphatic carbocycles. The third-order valence-electron chi connectivity index (χ3n) is 6.34. The van der Waals surface area contributed by atoms with Gasteiger partial charge in [0.15, 0.2) is 5.82 Å². The fraction of sp³-hybridized carbons (Fsp3) is 0.556. The number of imidazole rings is 1. The molecule has 0 saturated carbocycles. The standard InChI is InChI=1S/C27H39N5O4/c1-9-17(2)15-29-24-23(19(4)28)31(20-11-10-18(3)22(14-20)35-8)25(33)32(24)21-12-13-30(16-21)26(34)36-27(5,6)7/h10-11,14-15,17,21,28H,9,12-13,16H2,1-8H3. The van der Waals surface area contributed by atoms with Gasteiger partial charge < -0.3 is 19.8 Å². The highest BCUT2D eigenvalue weighted by Gasteiger charge is 2.35. The summed E-state index contributed by atoms with van der Waals surface area (Å²) in [7, 11) is 1.59. The van der Waals surface area contributed by atoms with Crippen molar-refractivity contribution < 1.29 is 14.3 Å². The van der Waals surface area contributed by atoms with Crippen molar-refractivity contribution in [3.8, 4) is 11.4 Å². The van der Waals surface area contributed by atoms with Gasteiger partial charge in [-0.15, -0.1) is 0 Å². The quantitative estimate of drug-likeness (QED) is 0.526. The van der Waals surface area contributed by atoms with Gasteiger partial charge in [0.2, 0.25) is 0 Å². The van der Waals surface area contributed by atoms with Crippen LogP contribution in [0.3, 0.4) is 0 Å². The lowest BCUT2D eigenvalue weighted by molar-refractivity contribution is 0.0289. The lowest BCUT2D eigenvalue weighted by Gasteiger charge is -2.24. The fourth-order valence-electron chi connectivity index (χ4n) is 4.23. The van der Waals surface area contributed by atoms with Crippen molar-refractivity contribution in [2.45, 2.75) is 73.0 Å². The number of amides is 1. The summed E-state index contributed by atoms with van der Waals surface area (Å²) in [6.07, 6.45) is 2.92. The number of carbonyl (C=O) groups excluding carboxylic acids is 1. The second-order valence-electron chi connectivity index (χ2n) is 10.5. The number of likely N-dealkylation sites (tertiary alicyclic amines) is 1. The summed E-state index contributed by atoms with van der Waals surface area (Å²) in [6, 6.07) is 5.25. The summed E-state index contributed by atoms with van der Waals surface area (Å²) in [5.41, 5.74) is 1.31. The molecular weight excluding hydrogens is 458 g/mol. The lowest BCUT2D eigenvalue weighted by atomic mass is 10.1. The Labute approximate surface area is 213 Å². The van der Waals surface area contributed by atoms with E-state index >= 15 is 0 Å². The molecule has 2 atom stereocenters. The van der Waals surface area contributed by atoms with E-state index < -0.39 is 11.7 Å². The number of carbonyl (C=O) groups is 1. The maximum atomic E-state index is 14.0. The first kappa shape index (κ1) is 27.2. The van der Waals surface area contributed by atoms with Crippen LogP contribution in [0.4, 0.5) is 10.6 Å². The van der Waals surface area contributed by atoms with E-state index in [4.69, 9.17) is 19.9 Å². The van der Waals surface area contributed by atoms with Crippen LogP contribution in [0, 0.1) is 18.3 Å². The minimum absolute atomic E-state index is 0.206. The molecule has 2 unspecified atom stereocenters. The monoisotopic (exact) mass is 497 g/mol. The highest BCUT2D eigenvalue weighted by atomic mass is 16.6. The maximum absolute atomic E-state index is 14.0. The molecule has 1 aromatic carbocycles. The van der Waals surface area contributed by atoms with E-state index in [1.807, 2.05) is 46.0 Å². The largest absolute Gasteiger partial charge is 0.496 e. The molecule has 2 heterocycles. The minimum Gasteiger partial charge on any atom is -0.496 e. The van der Waals surface area contributed by atoms with Gasteiger partial charge in [0.25, 0.3) is 0 Å². The summed E-state index contributed by atoms with van der Waals surface area (Å²) in [6.45, 7) is 14.0. The number of aliphatic imine (C=N–C) groups is 1. The van der Waals surface area contributed by atoms with Crippen LogP contribution < -0.4 is 10.4 Å². The molecule has 1 aliphatic rings. The Morgan fingerprint density at radius 3 is 2.61 bits per heavy atom. The molecule has 2 aromatic rings. The number of ether oxygens (including phenoxy) is 2. The van der Waals surface area contributed by atoms with Crippen LogP contribution in [-0.4, -0.2) is 57.9 Å². The molecule has 0 bridgehead atoms. The predicted molar refractivity (Wildman–Crippen MR) is 143 cm³/mol. The molecule has 36 heavy (non-hydrogen) atoms. The second-order valence-corrected chi connectivity index (χ2v) is 10.5. The van der Waals surface area contributed by atoms with Crippen LogP contribution in [0.2, 0.25) is 0 Å². The molecule has 3 rings (SSSR count). The summed E-state index contributed by atoms with van der Waals surface area (Å²) in [5.74, 6) is 1.29. The van der Waals surface area contributed by atoms with Gasteiger partial charge in [0, 0.05) is 25.4 Å². The molecule has 9 heteroatoms. The lowest BCUT2D eigenvalue weighted by Crippen LogP contribution is -2.36. The van der Waals surface area contributed by atoms with E-state index in [9.17, 15) is 9.59 Å². The first-order valence-corrected chi connectivity index (χ1v) is 12.5. The van der Waals surface area contributed by atoms with E-state index in [2.05, 4.69) is 13.8 Å². The zero-order valence-electron chi connectivity index (χ0n) is 22.7. The predicted octanol–water partition coefficient (Wildman–Crippen LogP) is 5.27. The van der Waals surface area contributed by atoms with Crippen molar-refractivity contribution in [3.63, 3.8) is 0 Å². The minimum atomic E-state index is -0.601. The molecule has 1 N–H and O–H groups in total. The average Bonchev–Trinajstić information content (AvgIpc) is 3.39. The first-order chi connectivity index (χ1) is 16.9. The highest BCUT2D eigenvalue weighted by molar-refractivity contribution is 5.99. The summed E-state index contributed by atoms with van der Waals surface area (Å²) in [4.78, 5) is 33.1. The number of nitrogens with zero attached hydrogens (tertiary/aromatic N) is 4. The number of aryl methyl sites for hydroxylation is 1. The zero-order chi connectivity index (χ0) is 26.8. The third-order valence-corrected chi connectivity index (χ3v) is 6.34. The van der Waals surface area contributed by atoms with Crippen LogP contribution in [0.1, 0.15) is 71.7 Å². The number of nitrogens with one attached hydrogen (secondary N) is 1. The number of hydrogen-bond acceptors (Lipinski definition) is 6. The number of hydrogen-bond donors (Lipinski definition) is 1. The molecule has 1 fully saturated rings. The van der Waals surface area contributed by atoms with Crippen molar-refractivity contribution in [2.24, 2.45) is 10.9 Å². The van der Waals surface area contributed by atoms with Gasteiger partial charge in [-0.05, 0) is 65.0 Å². The average molecular weight is 498 g/mol. The van der Waals surface area contributed by atoms with Crippen molar-refractivity contribution in [2.75, 3.05) is 20.2 Å². The van der Waals surface area contributed by atoms with Gasteiger partial charge in [-0.3, -0.25) is 9.13 Å². The molecule has 1 saturated heterocycles. The summed E-state index contributed by atoms with van der Waals surface area (Å²) >= 11 is 0. The molecule has 1 amide bonds. The molecule has 1 aliphatic heterocycles. The van der Waals surface area contributed by atoms with E-state index in [-0.39, 0.29) is 23.4 Å². The van der Waals surface area contributed by atoms with Gasteiger partial charge in [-0.1, -0.05) is 19.9 Å². The van der Waals surface area contributed by atoms with Gasteiger partial charge >= 0.3 is 11.8 Å². The van der Waals surface area contributed by atoms with Crippen LogP contribution in [0.25, 0.3) is 5.69 Å². The van der Waals surface area contributed by atoms with E-state index in [1.165, 1.54) is 4.57 Å². The Morgan fingerprint density at radius 1 is 1.33 bits per heavy atom. The molecule has 0 spiro atoms. The van der Waals surface area contributed by atoms with E-state index in [1.54, 1.807) is 29.6 Å². The smallest absolute Gasteiger partial charge is 0.410 e. The highest BCUT2D eigenvalue weighted by Crippen LogP contribution is 2.32. The van der Waals surface area contributed by atoms with Crippen molar-refractivity contribution >= 4 is 23.8 Å². The summed E-state index contributed by atoms with van der Waals surface area (Å²) in [5, 5.41) is 8.56. The zero-order valence-corrected chi connectivity index (χ0v) is 22.7. The first-order valence-electron chi connectivity index (χ1n) is 12.5. The third kappa shape index (κ3) is 5.71. The van der Waals surface area contributed by atoms with Crippen molar-refractivity contribution in [3.05, 3.63) is 39.9 Å². The Morgan fingerprint density at radius 2 is 2.03 bits per heavy atom. The van der Waals surface area contributed by atoms with Crippen LogP contribution in [-0.2, 0) is 4.74 Å². The van der Waals surface area contributed by atoms with E-state index in [0.29, 0.717) is 42.5 Å². The van der Waals surface area contributed by atoms with Crippen LogP contribution >= 0.6 is 0 Å². The Bertz CT molecular complexity index is 1220. The number of methoxy groups -OCH3 is 1. The number of rotatable bonds is 7.